The fraction of sp³-hybridized carbons (Fsp3) is 0.571. The lowest BCUT2D eigenvalue weighted by Gasteiger charge is -2.34. The molecule has 2 heteroatoms. The van der Waals surface area contributed by atoms with Crippen LogP contribution >= 0.6 is 0 Å². The van der Waals surface area contributed by atoms with E-state index >= 15 is 0 Å². The molecular weight excluding hydrogens is 198 g/mol. The van der Waals surface area contributed by atoms with Crippen molar-refractivity contribution in [3.8, 4) is 0 Å². The van der Waals surface area contributed by atoms with E-state index in [4.69, 9.17) is 0 Å². The molecule has 0 aliphatic heterocycles. The van der Waals surface area contributed by atoms with E-state index in [9.17, 15) is 5.11 Å². The molecule has 1 aliphatic carbocycles. The SMILES string of the molecule is C=CC(C)n1ccc2c1CC(C)(C)CC2O. The first kappa shape index (κ1) is 11.5. The smallest absolute Gasteiger partial charge is 0.0812 e. The summed E-state index contributed by atoms with van der Waals surface area (Å²) >= 11 is 0. The maximum absolute atomic E-state index is 10.1. The van der Waals surface area contributed by atoms with Gasteiger partial charge in [-0.1, -0.05) is 19.9 Å². The zero-order valence-electron chi connectivity index (χ0n) is 10.4. The van der Waals surface area contributed by atoms with Crippen LogP contribution < -0.4 is 0 Å². The number of fused-ring (bicyclic) bond motifs is 1. The second-order valence-corrected chi connectivity index (χ2v) is 5.66. The van der Waals surface area contributed by atoms with Crippen molar-refractivity contribution < 1.29 is 5.11 Å². The fourth-order valence-electron chi connectivity index (χ4n) is 2.65. The van der Waals surface area contributed by atoms with Crippen LogP contribution in [0.15, 0.2) is 24.9 Å². The second-order valence-electron chi connectivity index (χ2n) is 5.66. The summed E-state index contributed by atoms with van der Waals surface area (Å²) in [5.41, 5.74) is 2.56. The second kappa shape index (κ2) is 3.77. The minimum Gasteiger partial charge on any atom is -0.388 e. The predicted octanol–water partition coefficient (Wildman–Crippen LogP) is 3.24. The van der Waals surface area contributed by atoms with E-state index in [1.807, 2.05) is 6.08 Å². The minimum atomic E-state index is -0.308. The van der Waals surface area contributed by atoms with Crippen LogP contribution in [0.4, 0.5) is 0 Å². The highest BCUT2D eigenvalue weighted by atomic mass is 16.3. The van der Waals surface area contributed by atoms with E-state index in [-0.39, 0.29) is 11.5 Å². The van der Waals surface area contributed by atoms with Gasteiger partial charge in [-0.25, -0.2) is 0 Å². The van der Waals surface area contributed by atoms with E-state index < -0.39 is 0 Å². The predicted molar refractivity (Wildman–Crippen MR) is 66.4 cm³/mol. The van der Waals surface area contributed by atoms with Gasteiger partial charge in [-0.2, -0.15) is 0 Å². The zero-order chi connectivity index (χ0) is 11.9. The van der Waals surface area contributed by atoms with Gasteiger partial charge in [0.05, 0.1) is 6.10 Å². The first-order valence-corrected chi connectivity index (χ1v) is 5.95. The van der Waals surface area contributed by atoms with Crippen LogP contribution in [0.2, 0.25) is 0 Å². The zero-order valence-corrected chi connectivity index (χ0v) is 10.4. The minimum absolute atomic E-state index is 0.184. The van der Waals surface area contributed by atoms with Crippen LogP contribution in [0.5, 0.6) is 0 Å². The topological polar surface area (TPSA) is 25.2 Å². The Balaban J connectivity index is 2.44. The fourth-order valence-corrected chi connectivity index (χ4v) is 2.65. The molecule has 0 aromatic carbocycles. The number of allylic oxidation sites excluding steroid dienone is 1. The summed E-state index contributed by atoms with van der Waals surface area (Å²) in [7, 11) is 0. The van der Waals surface area contributed by atoms with E-state index in [0.29, 0.717) is 6.04 Å². The van der Waals surface area contributed by atoms with Gasteiger partial charge in [-0.15, -0.1) is 6.58 Å². The molecule has 2 rings (SSSR count). The molecule has 1 heterocycles. The molecule has 2 nitrogen and oxygen atoms in total. The lowest BCUT2D eigenvalue weighted by atomic mass is 9.75. The standard InChI is InChI=1S/C14H21NO/c1-5-10(2)15-7-6-11-12(15)8-14(3,4)9-13(11)16/h5-7,10,13,16H,1,8-9H2,2-4H3. The summed E-state index contributed by atoms with van der Waals surface area (Å²) in [6, 6.07) is 2.35. The van der Waals surface area contributed by atoms with Gasteiger partial charge < -0.3 is 9.67 Å². The lowest BCUT2D eigenvalue weighted by Crippen LogP contribution is -2.27. The Hall–Kier alpha value is -1.02. The van der Waals surface area contributed by atoms with Crippen molar-refractivity contribution >= 4 is 0 Å². The molecule has 0 bridgehead atoms. The van der Waals surface area contributed by atoms with Crippen LogP contribution in [-0.4, -0.2) is 9.67 Å². The molecule has 2 unspecified atom stereocenters. The summed E-state index contributed by atoms with van der Waals surface area (Å²) in [4.78, 5) is 0. The maximum atomic E-state index is 10.1. The number of aliphatic hydroxyl groups excluding tert-OH is 1. The highest BCUT2D eigenvalue weighted by Gasteiger charge is 2.33. The third-order valence-electron chi connectivity index (χ3n) is 3.59. The Kier molecular flexibility index (Phi) is 2.70. The maximum Gasteiger partial charge on any atom is 0.0812 e. The van der Waals surface area contributed by atoms with Gasteiger partial charge in [-0.3, -0.25) is 0 Å². The van der Waals surface area contributed by atoms with Crippen molar-refractivity contribution in [2.45, 2.75) is 45.8 Å². The van der Waals surface area contributed by atoms with Gasteiger partial charge in [0.25, 0.3) is 0 Å². The number of hydrogen-bond acceptors (Lipinski definition) is 1. The Morgan fingerprint density at radius 2 is 2.31 bits per heavy atom. The monoisotopic (exact) mass is 219 g/mol. The average molecular weight is 219 g/mol. The van der Waals surface area contributed by atoms with Crippen LogP contribution in [0, 0.1) is 5.41 Å². The molecule has 0 spiro atoms. The molecule has 1 aliphatic rings. The van der Waals surface area contributed by atoms with Gasteiger partial charge in [0.1, 0.15) is 0 Å². The highest BCUT2D eigenvalue weighted by molar-refractivity contribution is 5.30. The normalized spacial score (nSPS) is 24.9. The molecule has 2 atom stereocenters. The summed E-state index contributed by atoms with van der Waals surface area (Å²) in [5.74, 6) is 0. The molecule has 16 heavy (non-hydrogen) atoms. The lowest BCUT2D eigenvalue weighted by molar-refractivity contribution is 0.0978. The van der Waals surface area contributed by atoms with E-state index in [0.717, 1.165) is 18.4 Å². The molecule has 1 aromatic rings. The van der Waals surface area contributed by atoms with Crippen molar-refractivity contribution in [3.63, 3.8) is 0 Å². The molecule has 0 radical (unpaired) electrons. The van der Waals surface area contributed by atoms with E-state index in [2.05, 4.69) is 44.2 Å². The third-order valence-corrected chi connectivity index (χ3v) is 3.59. The Morgan fingerprint density at radius 3 is 2.94 bits per heavy atom. The van der Waals surface area contributed by atoms with E-state index in [1.165, 1.54) is 5.69 Å². The molecular formula is C14H21NO. The molecule has 1 aromatic heterocycles. The summed E-state index contributed by atoms with van der Waals surface area (Å²) in [6.07, 6.45) is 5.59. The van der Waals surface area contributed by atoms with Crippen molar-refractivity contribution in [2.75, 3.05) is 0 Å². The summed E-state index contributed by atoms with van der Waals surface area (Å²) < 4.78 is 2.23. The Morgan fingerprint density at radius 1 is 1.62 bits per heavy atom. The van der Waals surface area contributed by atoms with Crippen molar-refractivity contribution in [2.24, 2.45) is 5.41 Å². The molecule has 1 N–H and O–H groups in total. The number of rotatable bonds is 2. The quantitative estimate of drug-likeness (QED) is 0.759. The van der Waals surface area contributed by atoms with E-state index in [1.54, 1.807) is 0 Å². The highest BCUT2D eigenvalue weighted by Crippen LogP contribution is 2.41. The van der Waals surface area contributed by atoms with Gasteiger partial charge in [0.2, 0.25) is 0 Å². The van der Waals surface area contributed by atoms with Crippen molar-refractivity contribution in [3.05, 3.63) is 36.2 Å². The Bertz CT molecular complexity index is 403. The van der Waals surface area contributed by atoms with Crippen LogP contribution in [0.3, 0.4) is 0 Å². The van der Waals surface area contributed by atoms with Gasteiger partial charge in [0, 0.05) is 23.5 Å². The molecule has 0 fully saturated rings. The van der Waals surface area contributed by atoms with Crippen LogP contribution in [0.1, 0.15) is 50.6 Å². The summed E-state index contributed by atoms with van der Waals surface area (Å²) in [5, 5.41) is 10.1. The molecule has 0 saturated heterocycles. The first-order chi connectivity index (χ1) is 7.44. The van der Waals surface area contributed by atoms with Crippen LogP contribution in [0.25, 0.3) is 0 Å². The first-order valence-electron chi connectivity index (χ1n) is 5.95. The number of aromatic nitrogens is 1. The van der Waals surface area contributed by atoms with Gasteiger partial charge in [0.15, 0.2) is 0 Å². The molecule has 88 valence electrons. The average Bonchev–Trinajstić information content (AvgIpc) is 2.58. The van der Waals surface area contributed by atoms with Gasteiger partial charge >= 0.3 is 0 Å². The summed E-state index contributed by atoms with van der Waals surface area (Å²) in [6.45, 7) is 10.4. The largest absolute Gasteiger partial charge is 0.388 e. The Labute approximate surface area is 97.6 Å². The number of hydrogen-bond donors (Lipinski definition) is 1. The van der Waals surface area contributed by atoms with Crippen LogP contribution in [-0.2, 0) is 6.42 Å². The number of nitrogens with zero attached hydrogens (tertiary/aromatic N) is 1. The number of aliphatic hydroxyl groups is 1. The third kappa shape index (κ3) is 1.82. The van der Waals surface area contributed by atoms with Crippen molar-refractivity contribution in [1.29, 1.82) is 0 Å². The molecule has 0 saturated carbocycles. The van der Waals surface area contributed by atoms with Crippen molar-refractivity contribution in [1.82, 2.24) is 4.57 Å². The molecule has 0 amide bonds. The van der Waals surface area contributed by atoms with Gasteiger partial charge in [-0.05, 0) is 31.2 Å².